The van der Waals surface area contributed by atoms with Crippen molar-refractivity contribution in [2.75, 3.05) is 7.11 Å². The third kappa shape index (κ3) is 3.61. The van der Waals surface area contributed by atoms with E-state index in [1.54, 1.807) is 0 Å². The highest BCUT2D eigenvalue weighted by Crippen LogP contribution is 2.27. The Morgan fingerprint density at radius 2 is 2.24 bits per heavy atom. The molecule has 17 heavy (non-hydrogen) atoms. The molecule has 0 saturated heterocycles. The van der Waals surface area contributed by atoms with Gasteiger partial charge >= 0.3 is 5.97 Å². The zero-order chi connectivity index (χ0) is 13.0. The number of esters is 1. The summed E-state index contributed by atoms with van der Waals surface area (Å²) in [6.45, 7) is 0. The average molecular weight is 329 g/mol. The zero-order valence-electron chi connectivity index (χ0n) is 8.84. The van der Waals surface area contributed by atoms with E-state index in [1.165, 1.54) is 13.2 Å². The Morgan fingerprint density at radius 1 is 1.59 bits per heavy atom. The standard InChI is InChI=1S/C10H9BrClF2NO2/c1-17-7(16)3-5-2-6(4-12)8(10(13)14)15-9(5)11/h2,10H,3-4H2,1H3. The van der Waals surface area contributed by atoms with Crippen molar-refractivity contribution in [3.05, 3.63) is 27.5 Å². The number of ether oxygens (including phenoxy) is 1. The number of carbonyl (C=O) groups excluding carboxylic acids is 1. The maximum Gasteiger partial charge on any atom is 0.310 e. The summed E-state index contributed by atoms with van der Waals surface area (Å²) in [5, 5.41) is 0. The first-order chi connectivity index (χ1) is 7.99. The van der Waals surface area contributed by atoms with Crippen LogP contribution >= 0.6 is 27.5 Å². The molecule has 0 fully saturated rings. The highest BCUT2D eigenvalue weighted by atomic mass is 79.9. The molecule has 0 aliphatic carbocycles. The molecule has 0 amide bonds. The van der Waals surface area contributed by atoms with E-state index in [2.05, 4.69) is 25.7 Å². The molecule has 1 heterocycles. The largest absolute Gasteiger partial charge is 0.469 e. The Balaban J connectivity index is 3.13. The maximum absolute atomic E-state index is 12.6. The Bertz CT molecular complexity index is 429. The molecule has 1 aromatic rings. The van der Waals surface area contributed by atoms with Gasteiger partial charge in [0.25, 0.3) is 6.43 Å². The van der Waals surface area contributed by atoms with Gasteiger partial charge in [-0.1, -0.05) is 0 Å². The van der Waals surface area contributed by atoms with Gasteiger partial charge in [0.2, 0.25) is 0 Å². The van der Waals surface area contributed by atoms with E-state index < -0.39 is 12.4 Å². The van der Waals surface area contributed by atoms with Crippen molar-refractivity contribution in [2.45, 2.75) is 18.7 Å². The van der Waals surface area contributed by atoms with Crippen LogP contribution in [0.15, 0.2) is 10.7 Å². The Hall–Kier alpha value is -0.750. The minimum atomic E-state index is -2.70. The van der Waals surface area contributed by atoms with Crippen molar-refractivity contribution >= 4 is 33.5 Å². The molecule has 0 aliphatic heterocycles. The van der Waals surface area contributed by atoms with Crippen molar-refractivity contribution in [2.24, 2.45) is 0 Å². The summed E-state index contributed by atoms with van der Waals surface area (Å²) in [6.07, 6.45) is -2.75. The maximum atomic E-state index is 12.6. The minimum absolute atomic E-state index is 0.0442. The molecule has 0 unspecified atom stereocenters. The molecule has 0 spiro atoms. The normalized spacial score (nSPS) is 10.7. The number of hydrogen-bond donors (Lipinski definition) is 0. The first-order valence-corrected chi connectivity index (χ1v) is 5.91. The first-order valence-electron chi connectivity index (χ1n) is 4.58. The van der Waals surface area contributed by atoms with Crippen LogP contribution in [0.5, 0.6) is 0 Å². The predicted molar refractivity (Wildman–Crippen MR) is 62.2 cm³/mol. The molecule has 0 atom stereocenters. The molecular weight excluding hydrogens is 319 g/mol. The monoisotopic (exact) mass is 327 g/mol. The molecule has 0 N–H and O–H groups in total. The van der Waals surface area contributed by atoms with Gasteiger partial charge in [0.1, 0.15) is 10.3 Å². The van der Waals surface area contributed by atoms with Crippen molar-refractivity contribution in [3.8, 4) is 0 Å². The smallest absolute Gasteiger partial charge is 0.310 e. The molecule has 0 radical (unpaired) electrons. The summed E-state index contributed by atoms with van der Waals surface area (Å²) in [4.78, 5) is 14.8. The lowest BCUT2D eigenvalue weighted by molar-refractivity contribution is -0.139. The summed E-state index contributed by atoms with van der Waals surface area (Å²) in [6, 6.07) is 1.43. The van der Waals surface area contributed by atoms with Gasteiger partial charge in [-0.25, -0.2) is 13.8 Å². The summed E-state index contributed by atoms with van der Waals surface area (Å²) < 4.78 is 29.9. The van der Waals surface area contributed by atoms with E-state index in [-0.39, 0.29) is 28.2 Å². The van der Waals surface area contributed by atoms with E-state index in [4.69, 9.17) is 11.6 Å². The number of hydrogen-bond acceptors (Lipinski definition) is 3. The lowest BCUT2D eigenvalue weighted by Gasteiger charge is -2.10. The fraction of sp³-hybridized carbons (Fsp3) is 0.400. The van der Waals surface area contributed by atoms with Crippen LogP contribution in [0.2, 0.25) is 0 Å². The van der Waals surface area contributed by atoms with E-state index in [0.717, 1.165) is 0 Å². The molecule has 0 aromatic carbocycles. The van der Waals surface area contributed by atoms with Gasteiger partial charge in [-0.2, -0.15) is 0 Å². The molecule has 0 saturated carbocycles. The molecule has 3 nitrogen and oxygen atoms in total. The van der Waals surface area contributed by atoms with Gasteiger partial charge in [-0.15, -0.1) is 11.6 Å². The molecule has 0 aliphatic rings. The van der Waals surface area contributed by atoms with Crippen LogP contribution in [0, 0.1) is 0 Å². The number of alkyl halides is 3. The fourth-order valence-corrected chi connectivity index (χ4v) is 1.90. The molecule has 1 aromatic heterocycles. The van der Waals surface area contributed by atoms with Crippen molar-refractivity contribution < 1.29 is 18.3 Å². The van der Waals surface area contributed by atoms with Gasteiger partial charge in [0.15, 0.2) is 0 Å². The lowest BCUT2D eigenvalue weighted by atomic mass is 10.1. The summed E-state index contributed by atoms with van der Waals surface area (Å²) >= 11 is 8.61. The van der Waals surface area contributed by atoms with Crippen LogP contribution in [0.4, 0.5) is 8.78 Å². The van der Waals surface area contributed by atoms with Crippen LogP contribution in [0.1, 0.15) is 23.2 Å². The van der Waals surface area contributed by atoms with Gasteiger partial charge < -0.3 is 4.74 Å². The van der Waals surface area contributed by atoms with Crippen LogP contribution in [-0.4, -0.2) is 18.1 Å². The SMILES string of the molecule is COC(=O)Cc1cc(CCl)c(C(F)F)nc1Br. The van der Waals surface area contributed by atoms with Gasteiger partial charge in [-0.05, 0) is 33.1 Å². The van der Waals surface area contributed by atoms with Crippen LogP contribution in [0.3, 0.4) is 0 Å². The second-order valence-corrected chi connectivity index (χ2v) is 4.19. The Morgan fingerprint density at radius 3 is 2.71 bits per heavy atom. The number of carbonyl (C=O) groups is 1. The predicted octanol–water partition coefficient (Wildman–Crippen LogP) is 3.24. The number of aromatic nitrogens is 1. The highest BCUT2D eigenvalue weighted by Gasteiger charge is 2.18. The number of halogens is 4. The molecule has 94 valence electrons. The number of rotatable bonds is 4. The minimum Gasteiger partial charge on any atom is -0.469 e. The van der Waals surface area contributed by atoms with Crippen LogP contribution in [-0.2, 0) is 21.8 Å². The summed E-state index contributed by atoms with van der Waals surface area (Å²) in [5.41, 5.74) is 0.307. The Labute approximate surface area is 110 Å². The Kier molecular flexibility index (Phi) is 5.27. The van der Waals surface area contributed by atoms with E-state index in [9.17, 15) is 13.6 Å². The van der Waals surface area contributed by atoms with E-state index in [1.807, 2.05) is 0 Å². The molecule has 1 rings (SSSR count). The highest BCUT2D eigenvalue weighted by molar-refractivity contribution is 9.10. The summed E-state index contributed by atoms with van der Waals surface area (Å²) in [7, 11) is 1.25. The second-order valence-electron chi connectivity index (χ2n) is 3.17. The number of nitrogens with zero attached hydrogens (tertiary/aromatic N) is 1. The third-order valence-corrected chi connectivity index (χ3v) is 3.05. The molecule has 0 bridgehead atoms. The number of methoxy groups -OCH3 is 1. The third-order valence-electron chi connectivity index (χ3n) is 2.07. The van der Waals surface area contributed by atoms with Gasteiger partial charge in [0.05, 0.1) is 13.5 Å². The van der Waals surface area contributed by atoms with Crippen molar-refractivity contribution in [3.63, 3.8) is 0 Å². The lowest BCUT2D eigenvalue weighted by Crippen LogP contribution is -2.08. The number of pyridine rings is 1. The topological polar surface area (TPSA) is 39.2 Å². The van der Waals surface area contributed by atoms with Gasteiger partial charge in [-0.3, -0.25) is 4.79 Å². The second kappa shape index (κ2) is 6.26. The average Bonchev–Trinajstić information content (AvgIpc) is 2.30. The van der Waals surface area contributed by atoms with Crippen LogP contribution in [0.25, 0.3) is 0 Å². The molecular formula is C10H9BrClF2NO2. The quantitative estimate of drug-likeness (QED) is 0.484. The zero-order valence-corrected chi connectivity index (χ0v) is 11.2. The van der Waals surface area contributed by atoms with Crippen molar-refractivity contribution in [1.82, 2.24) is 4.98 Å². The fourth-order valence-electron chi connectivity index (χ4n) is 1.24. The first kappa shape index (κ1) is 14.3. The van der Waals surface area contributed by atoms with E-state index >= 15 is 0 Å². The van der Waals surface area contributed by atoms with Crippen molar-refractivity contribution in [1.29, 1.82) is 0 Å². The summed E-state index contributed by atoms with van der Waals surface area (Å²) in [5.74, 6) is -0.563. The van der Waals surface area contributed by atoms with E-state index in [0.29, 0.717) is 5.56 Å². The van der Waals surface area contributed by atoms with Crippen LogP contribution < -0.4 is 0 Å². The molecule has 7 heteroatoms. The van der Waals surface area contributed by atoms with Gasteiger partial charge in [0, 0.05) is 5.88 Å².